The molecular weight excluding hydrogens is 446 g/mol. The molecule has 0 atom stereocenters. The molecule has 2 aromatic carbocycles. The van der Waals surface area contributed by atoms with E-state index in [9.17, 15) is 9.59 Å². The predicted molar refractivity (Wildman–Crippen MR) is 136 cm³/mol. The Hall–Kier alpha value is -4.04. The molecule has 8 heteroatoms. The van der Waals surface area contributed by atoms with Gasteiger partial charge in [0.2, 0.25) is 0 Å². The molecular formula is C26H23N5O2S. The van der Waals surface area contributed by atoms with Gasteiger partial charge < -0.3 is 0 Å². The van der Waals surface area contributed by atoms with Gasteiger partial charge >= 0.3 is 0 Å². The number of fused-ring (bicyclic) bond motifs is 1. The van der Waals surface area contributed by atoms with E-state index >= 15 is 0 Å². The van der Waals surface area contributed by atoms with Gasteiger partial charge in [0.25, 0.3) is 11.5 Å². The third-order valence-corrected chi connectivity index (χ3v) is 6.85. The summed E-state index contributed by atoms with van der Waals surface area (Å²) in [7, 11) is 1.55. The molecule has 0 saturated heterocycles. The zero-order valence-corrected chi connectivity index (χ0v) is 20.1. The number of amides is 1. The lowest BCUT2D eigenvalue weighted by molar-refractivity contribution is 0.100. The summed E-state index contributed by atoms with van der Waals surface area (Å²) in [5.74, 6) is -0.390. The van der Waals surface area contributed by atoms with Crippen LogP contribution in [0.5, 0.6) is 0 Å². The zero-order valence-electron chi connectivity index (χ0n) is 19.3. The van der Waals surface area contributed by atoms with Crippen molar-refractivity contribution in [3.05, 3.63) is 93.0 Å². The topological polar surface area (TPSA) is 81.8 Å². The van der Waals surface area contributed by atoms with Gasteiger partial charge in [0.1, 0.15) is 5.01 Å². The second-order valence-corrected chi connectivity index (χ2v) is 9.10. The molecule has 5 rings (SSSR count). The Morgan fingerprint density at radius 3 is 2.44 bits per heavy atom. The van der Waals surface area contributed by atoms with Crippen LogP contribution in [0.15, 0.2) is 64.8 Å². The summed E-state index contributed by atoms with van der Waals surface area (Å²) in [5, 5.41) is 8.21. The Balaban J connectivity index is 1.50. The van der Waals surface area contributed by atoms with E-state index in [2.05, 4.69) is 29.6 Å². The van der Waals surface area contributed by atoms with E-state index < -0.39 is 0 Å². The maximum Gasteiger partial charge on any atom is 0.291 e. The molecule has 3 heterocycles. The number of carbonyl (C=O) groups excluding carboxylic acids is 1. The van der Waals surface area contributed by atoms with Crippen LogP contribution in [0.1, 0.15) is 27.4 Å². The fourth-order valence-electron chi connectivity index (χ4n) is 4.15. The van der Waals surface area contributed by atoms with Crippen LogP contribution in [-0.4, -0.2) is 25.3 Å². The molecule has 0 fully saturated rings. The van der Waals surface area contributed by atoms with Gasteiger partial charge in [-0.15, -0.1) is 11.3 Å². The van der Waals surface area contributed by atoms with Gasteiger partial charge in [-0.25, -0.2) is 9.67 Å². The van der Waals surface area contributed by atoms with E-state index in [4.69, 9.17) is 4.98 Å². The second kappa shape index (κ2) is 8.39. The van der Waals surface area contributed by atoms with Crippen molar-refractivity contribution in [2.45, 2.75) is 20.8 Å². The smallest absolute Gasteiger partial charge is 0.267 e. The van der Waals surface area contributed by atoms with Gasteiger partial charge in [0.15, 0.2) is 5.69 Å². The Bertz CT molecular complexity index is 1630. The summed E-state index contributed by atoms with van der Waals surface area (Å²) in [4.78, 5) is 30.5. The Morgan fingerprint density at radius 2 is 1.68 bits per heavy atom. The van der Waals surface area contributed by atoms with E-state index in [1.54, 1.807) is 47.3 Å². The first-order valence-corrected chi connectivity index (χ1v) is 11.7. The van der Waals surface area contributed by atoms with E-state index in [1.165, 1.54) is 10.2 Å². The van der Waals surface area contributed by atoms with Gasteiger partial charge in [-0.3, -0.25) is 19.7 Å². The molecule has 0 aliphatic carbocycles. The molecule has 170 valence electrons. The maximum atomic E-state index is 13.2. The molecule has 0 unspecified atom stereocenters. The standard InChI is InChI=1S/C26H23N5O2S/c1-15-9-5-6-10-18(15)25-27-22(14-34-25)21-13-16(2)31(17(21)3)29-24(32)23-19-11-7-8-12-20(19)26(33)30(4)28-23/h5-14H,1-4H3,(H,29,32). The van der Waals surface area contributed by atoms with Gasteiger partial charge in [0.05, 0.1) is 11.1 Å². The number of nitrogens with one attached hydrogen (secondary N) is 1. The highest BCUT2D eigenvalue weighted by atomic mass is 32.1. The Kier molecular flexibility index (Phi) is 5.37. The lowest BCUT2D eigenvalue weighted by Gasteiger charge is -2.13. The molecule has 1 amide bonds. The first-order chi connectivity index (χ1) is 16.3. The van der Waals surface area contributed by atoms with Crippen molar-refractivity contribution >= 4 is 28.0 Å². The summed E-state index contributed by atoms with van der Waals surface area (Å²) >= 11 is 1.60. The molecule has 7 nitrogen and oxygen atoms in total. The van der Waals surface area contributed by atoms with Crippen LogP contribution in [0.2, 0.25) is 0 Å². The maximum absolute atomic E-state index is 13.2. The van der Waals surface area contributed by atoms with Gasteiger partial charge in [-0.2, -0.15) is 5.10 Å². The second-order valence-electron chi connectivity index (χ2n) is 8.24. The third kappa shape index (κ3) is 3.62. The summed E-state index contributed by atoms with van der Waals surface area (Å²) in [6, 6.07) is 17.2. The quantitative estimate of drug-likeness (QED) is 0.409. The van der Waals surface area contributed by atoms with Gasteiger partial charge in [0, 0.05) is 40.3 Å². The summed E-state index contributed by atoms with van der Waals surface area (Å²) < 4.78 is 2.94. The lowest BCUT2D eigenvalue weighted by atomic mass is 10.1. The summed E-state index contributed by atoms with van der Waals surface area (Å²) in [6.07, 6.45) is 0. The van der Waals surface area contributed by atoms with Crippen molar-refractivity contribution in [1.82, 2.24) is 19.4 Å². The van der Waals surface area contributed by atoms with Crippen molar-refractivity contribution in [1.29, 1.82) is 0 Å². The van der Waals surface area contributed by atoms with E-state index in [-0.39, 0.29) is 17.2 Å². The molecule has 0 bridgehead atoms. The van der Waals surface area contributed by atoms with Crippen LogP contribution < -0.4 is 11.0 Å². The zero-order chi connectivity index (χ0) is 24.0. The number of rotatable bonds is 4. The first-order valence-electron chi connectivity index (χ1n) is 10.8. The third-order valence-electron chi connectivity index (χ3n) is 5.97. The number of hydrogen-bond donors (Lipinski definition) is 1. The van der Waals surface area contributed by atoms with Crippen LogP contribution in [0.4, 0.5) is 0 Å². The number of aromatic nitrogens is 4. The van der Waals surface area contributed by atoms with E-state index in [0.29, 0.717) is 10.8 Å². The van der Waals surface area contributed by atoms with Crippen molar-refractivity contribution in [2.75, 3.05) is 5.43 Å². The van der Waals surface area contributed by atoms with Crippen molar-refractivity contribution in [2.24, 2.45) is 7.05 Å². The Labute approximate surface area is 200 Å². The highest BCUT2D eigenvalue weighted by Gasteiger charge is 2.20. The highest BCUT2D eigenvalue weighted by molar-refractivity contribution is 7.13. The molecule has 0 radical (unpaired) electrons. The molecule has 0 saturated carbocycles. The van der Waals surface area contributed by atoms with Crippen LogP contribution in [0, 0.1) is 20.8 Å². The number of aryl methyl sites for hydroxylation is 3. The van der Waals surface area contributed by atoms with Crippen molar-refractivity contribution in [3.8, 4) is 21.8 Å². The average molecular weight is 470 g/mol. The average Bonchev–Trinajstić information content (AvgIpc) is 3.42. The molecule has 0 aliphatic rings. The van der Waals surface area contributed by atoms with E-state index in [0.717, 1.165) is 33.2 Å². The largest absolute Gasteiger partial charge is 0.291 e. The highest BCUT2D eigenvalue weighted by Crippen LogP contribution is 2.33. The SMILES string of the molecule is Cc1ccccc1-c1nc(-c2cc(C)n(NC(=O)c3nn(C)c(=O)c4ccccc34)c2C)cs1. The minimum absolute atomic E-state index is 0.197. The number of hydrogen-bond acceptors (Lipinski definition) is 5. The molecule has 3 aromatic heterocycles. The normalized spacial score (nSPS) is 11.2. The summed E-state index contributed by atoms with van der Waals surface area (Å²) in [5.41, 5.74) is 8.74. The minimum atomic E-state index is -0.390. The molecule has 34 heavy (non-hydrogen) atoms. The fourth-order valence-corrected chi connectivity index (χ4v) is 5.06. The van der Waals surface area contributed by atoms with Gasteiger partial charge in [-0.1, -0.05) is 42.5 Å². The van der Waals surface area contributed by atoms with Crippen LogP contribution in [-0.2, 0) is 7.05 Å². The number of thiazole rings is 1. The Morgan fingerprint density at radius 1 is 0.971 bits per heavy atom. The molecule has 0 spiro atoms. The number of carbonyl (C=O) groups is 1. The van der Waals surface area contributed by atoms with Gasteiger partial charge in [-0.05, 0) is 38.5 Å². The van der Waals surface area contributed by atoms with Crippen LogP contribution >= 0.6 is 11.3 Å². The number of nitrogens with zero attached hydrogens (tertiary/aromatic N) is 4. The van der Waals surface area contributed by atoms with Crippen LogP contribution in [0.3, 0.4) is 0 Å². The first kappa shape index (κ1) is 21.8. The van der Waals surface area contributed by atoms with Crippen molar-refractivity contribution in [3.63, 3.8) is 0 Å². The lowest BCUT2D eigenvalue weighted by Crippen LogP contribution is -2.29. The summed E-state index contributed by atoms with van der Waals surface area (Å²) in [6.45, 7) is 5.95. The van der Waals surface area contributed by atoms with Crippen LogP contribution in [0.25, 0.3) is 32.6 Å². The predicted octanol–water partition coefficient (Wildman–Crippen LogP) is 4.83. The number of benzene rings is 2. The molecule has 5 aromatic rings. The minimum Gasteiger partial charge on any atom is -0.267 e. The van der Waals surface area contributed by atoms with E-state index in [1.807, 2.05) is 37.4 Å². The monoisotopic (exact) mass is 469 g/mol. The fraction of sp³-hybridized carbons (Fsp3) is 0.154. The molecule has 1 N–H and O–H groups in total. The molecule has 0 aliphatic heterocycles. The van der Waals surface area contributed by atoms with Crippen molar-refractivity contribution < 1.29 is 4.79 Å².